The minimum absolute atomic E-state index is 0.122. The summed E-state index contributed by atoms with van der Waals surface area (Å²) < 4.78 is 32.0. The van der Waals surface area contributed by atoms with Gasteiger partial charge in [0.2, 0.25) is 10.0 Å². The Hall–Kier alpha value is -2.29. The van der Waals surface area contributed by atoms with Crippen LogP contribution in [0.25, 0.3) is 0 Å². The highest BCUT2D eigenvalue weighted by molar-refractivity contribution is 7.89. The lowest BCUT2D eigenvalue weighted by Gasteiger charge is -2.26. The number of nitrogens with one attached hydrogen (secondary N) is 1. The Morgan fingerprint density at radius 3 is 2.69 bits per heavy atom. The van der Waals surface area contributed by atoms with Crippen molar-refractivity contribution in [1.29, 1.82) is 0 Å². The molecule has 3 rings (SSSR count). The van der Waals surface area contributed by atoms with Crippen molar-refractivity contribution in [3.63, 3.8) is 0 Å². The zero-order chi connectivity index (χ0) is 18.4. The molecule has 0 bridgehead atoms. The largest absolute Gasteiger partial charge is 0.379 e. The van der Waals surface area contributed by atoms with Gasteiger partial charge in [0, 0.05) is 43.5 Å². The molecule has 7 nitrogen and oxygen atoms in total. The van der Waals surface area contributed by atoms with E-state index in [4.69, 9.17) is 4.74 Å². The Bertz CT molecular complexity index is 850. The van der Waals surface area contributed by atoms with E-state index >= 15 is 0 Å². The maximum absolute atomic E-state index is 12.7. The van der Waals surface area contributed by atoms with E-state index in [-0.39, 0.29) is 10.8 Å². The summed E-state index contributed by atoms with van der Waals surface area (Å²) in [7, 11) is -3.62. The second kappa shape index (κ2) is 8.39. The van der Waals surface area contributed by atoms with Crippen molar-refractivity contribution in [2.45, 2.75) is 11.3 Å². The molecule has 1 aromatic heterocycles. The van der Waals surface area contributed by atoms with Crippen LogP contribution in [0.3, 0.4) is 0 Å². The number of hydrogen-bond acceptors (Lipinski definition) is 5. The second-order valence-electron chi connectivity index (χ2n) is 5.87. The fourth-order valence-corrected chi connectivity index (χ4v) is 4.14. The molecule has 1 N–H and O–H groups in total. The molecule has 0 unspecified atom stereocenters. The van der Waals surface area contributed by atoms with E-state index in [0.717, 1.165) is 5.69 Å². The monoisotopic (exact) mass is 375 g/mol. The van der Waals surface area contributed by atoms with Gasteiger partial charge in [0.25, 0.3) is 5.91 Å². The molecule has 1 aliphatic heterocycles. The molecule has 1 aromatic carbocycles. The number of aromatic nitrogens is 1. The van der Waals surface area contributed by atoms with Gasteiger partial charge >= 0.3 is 0 Å². The fourth-order valence-electron chi connectivity index (χ4n) is 2.69. The average Bonchev–Trinajstić information content (AvgIpc) is 2.69. The van der Waals surface area contributed by atoms with E-state index in [1.165, 1.54) is 16.4 Å². The predicted octanol–water partition coefficient (Wildman–Crippen LogP) is 1.07. The summed E-state index contributed by atoms with van der Waals surface area (Å²) in [5, 5.41) is 2.80. The number of carbonyl (C=O) groups excluding carboxylic acids is 1. The maximum Gasteiger partial charge on any atom is 0.251 e. The van der Waals surface area contributed by atoms with Crippen LogP contribution in [0.15, 0.2) is 53.6 Å². The molecule has 0 spiro atoms. The lowest BCUT2D eigenvalue weighted by Crippen LogP contribution is -2.40. The molecule has 0 saturated carbocycles. The van der Waals surface area contributed by atoms with Gasteiger partial charge in [-0.15, -0.1) is 0 Å². The van der Waals surface area contributed by atoms with Crippen LogP contribution in [0.4, 0.5) is 0 Å². The van der Waals surface area contributed by atoms with Gasteiger partial charge in [-0.3, -0.25) is 9.78 Å². The third kappa shape index (κ3) is 4.46. The van der Waals surface area contributed by atoms with Crippen LogP contribution >= 0.6 is 0 Å². The van der Waals surface area contributed by atoms with Crippen molar-refractivity contribution in [3.05, 3.63) is 59.9 Å². The summed E-state index contributed by atoms with van der Waals surface area (Å²) in [6, 6.07) is 11.7. The molecular formula is C18H21N3O4S. The Morgan fingerprint density at radius 1 is 1.15 bits per heavy atom. The first-order chi connectivity index (χ1) is 12.6. The minimum atomic E-state index is -3.62. The predicted molar refractivity (Wildman–Crippen MR) is 96.3 cm³/mol. The summed E-state index contributed by atoms with van der Waals surface area (Å²) in [5.74, 6) is -0.306. The Labute approximate surface area is 153 Å². The van der Waals surface area contributed by atoms with Crippen LogP contribution in [0, 0.1) is 0 Å². The van der Waals surface area contributed by atoms with Crippen LogP contribution in [0.5, 0.6) is 0 Å². The van der Waals surface area contributed by atoms with Crippen molar-refractivity contribution >= 4 is 15.9 Å². The number of sulfonamides is 1. The third-order valence-electron chi connectivity index (χ3n) is 4.10. The van der Waals surface area contributed by atoms with E-state index in [1.807, 2.05) is 18.2 Å². The zero-order valence-electron chi connectivity index (χ0n) is 14.3. The summed E-state index contributed by atoms with van der Waals surface area (Å²) >= 11 is 0. The highest BCUT2D eigenvalue weighted by Crippen LogP contribution is 2.18. The number of rotatable bonds is 6. The van der Waals surface area contributed by atoms with Crippen LogP contribution in [-0.2, 0) is 21.2 Å². The number of benzene rings is 1. The standard InChI is InChI=1S/C18H21N3O4S/c22-18(20-9-7-16-5-1-2-8-19-16)15-4-3-6-17(14-15)26(23,24)21-10-12-25-13-11-21/h1-6,8,14H,7,9-13H2,(H,20,22). The van der Waals surface area contributed by atoms with E-state index in [2.05, 4.69) is 10.3 Å². The second-order valence-corrected chi connectivity index (χ2v) is 7.81. The van der Waals surface area contributed by atoms with Crippen LogP contribution in [0.1, 0.15) is 16.1 Å². The van der Waals surface area contributed by atoms with Crippen molar-refractivity contribution < 1.29 is 17.9 Å². The van der Waals surface area contributed by atoms with Crippen LogP contribution in [0.2, 0.25) is 0 Å². The van der Waals surface area contributed by atoms with Crippen molar-refractivity contribution in [2.24, 2.45) is 0 Å². The summed E-state index contributed by atoms with van der Waals surface area (Å²) in [6.45, 7) is 1.84. The average molecular weight is 375 g/mol. The summed E-state index contributed by atoms with van der Waals surface area (Å²) in [4.78, 5) is 16.7. The van der Waals surface area contributed by atoms with Gasteiger partial charge in [-0.2, -0.15) is 4.31 Å². The number of amides is 1. The molecule has 138 valence electrons. The molecule has 0 aliphatic carbocycles. The molecule has 0 atom stereocenters. The minimum Gasteiger partial charge on any atom is -0.379 e. The molecule has 2 heterocycles. The molecule has 1 fully saturated rings. The molecule has 8 heteroatoms. The smallest absolute Gasteiger partial charge is 0.251 e. The van der Waals surface area contributed by atoms with Gasteiger partial charge in [-0.05, 0) is 30.3 Å². The number of morpholine rings is 1. The van der Waals surface area contributed by atoms with Crippen molar-refractivity contribution in [2.75, 3.05) is 32.8 Å². The summed E-state index contributed by atoms with van der Waals surface area (Å²) in [5.41, 5.74) is 1.21. The summed E-state index contributed by atoms with van der Waals surface area (Å²) in [6.07, 6.45) is 2.31. The number of pyridine rings is 1. The molecule has 26 heavy (non-hydrogen) atoms. The Balaban J connectivity index is 1.65. The number of ether oxygens (including phenoxy) is 1. The molecule has 2 aromatic rings. The first-order valence-corrected chi connectivity index (χ1v) is 9.87. The van der Waals surface area contributed by atoms with Crippen molar-refractivity contribution in [1.82, 2.24) is 14.6 Å². The fraction of sp³-hybridized carbons (Fsp3) is 0.333. The zero-order valence-corrected chi connectivity index (χ0v) is 15.1. The van der Waals surface area contributed by atoms with E-state index in [0.29, 0.717) is 44.8 Å². The normalized spacial score (nSPS) is 15.5. The lowest BCUT2D eigenvalue weighted by atomic mass is 10.2. The van der Waals surface area contributed by atoms with E-state index in [1.54, 1.807) is 18.3 Å². The van der Waals surface area contributed by atoms with E-state index in [9.17, 15) is 13.2 Å². The SMILES string of the molecule is O=C(NCCc1ccccn1)c1cccc(S(=O)(=O)N2CCOCC2)c1. The Morgan fingerprint density at radius 2 is 1.96 bits per heavy atom. The van der Waals surface area contributed by atoms with Gasteiger partial charge in [0.05, 0.1) is 18.1 Å². The molecular weight excluding hydrogens is 354 g/mol. The number of carbonyl (C=O) groups is 1. The molecule has 1 saturated heterocycles. The molecule has 1 aliphatic rings. The molecule has 1 amide bonds. The first kappa shape index (κ1) is 18.5. The van der Waals surface area contributed by atoms with Gasteiger partial charge < -0.3 is 10.1 Å². The highest BCUT2D eigenvalue weighted by atomic mass is 32.2. The third-order valence-corrected chi connectivity index (χ3v) is 5.99. The van der Waals surface area contributed by atoms with Crippen molar-refractivity contribution in [3.8, 4) is 0 Å². The topological polar surface area (TPSA) is 88.6 Å². The Kier molecular flexibility index (Phi) is 5.97. The van der Waals surface area contributed by atoms with Gasteiger partial charge in [0.1, 0.15) is 0 Å². The quantitative estimate of drug-likeness (QED) is 0.816. The highest BCUT2D eigenvalue weighted by Gasteiger charge is 2.26. The van der Waals surface area contributed by atoms with Crippen LogP contribution < -0.4 is 5.32 Å². The van der Waals surface area contributed by atoms with Gasteiger partial charge in [-0.25, -0.2) is 8.42 Å². The van der Waals surface area contributed by atoms with Crippen LogP contribution in [-0.4, -0.2) is 56.5 Å². The number of nitrogens with zero attached hydrogens (tertiary/aromatic N) is 2. The molecule has 0 radical (unpaired) electrons. The lowest BCUT2D eigenvalue weighted by molar-refractivity contribution is 0.0730. The number of hydrogen-bond donors (Lipinski definition) is 1. The first-order valence-electron chi connectivity index (χ1n) is 8.43. The van der Waals surface area contributed by atoms with Gasteiger partial charge in [0.15, 0.2) is 0 Å². The maximum atomic E-state index is 12.7. The van der Waals surface area contributed by atoms with Gasteiger partial charge in [-0.1, -0.05) is 12.1 Å². The van der Waals surface area contributed by atoms with E-state index < -0.39 is 10.0 Å².